The maximum absolute atomic E-state index is 12.4. The van der Waals surface area contributed by atoms with Crippen molar-refractivity contribution in [3.05, 3.63) is 46.3 Å². The molecule has 6 heteroatoms. The fourth-order valence-electron chi connectivity index (χ4n) is 2.26. The lowest BCUT2D eigenvalue weighted by Crippen LogP contribution is -2.22. The first kappa shape index (κ1) is 14.7. The van der Waals surface area contributed by atoms with Gasteiger partial charge in [0, 0.05) is 31.1 Å². The van der Waals surface area contributed by atoms with Crippen LogP contribution >= 0.6 is 11.8 Å². The highest BCUT2D eigenvalue weighted by Gasteiger charge is 2.40. The summed E-state index contributed by atoms with van der Waals surface area (Å²) in [6.07, 6.45) is 3.79. The molecule has 0 unspecified atom stereocenters. The molecule has 1 aromatic rings. The van der Waals surface area contributed by atoms with Crippen molar-refractivity contribution in [1.82, 2.24) is 0 Å². The Morgan fingerprint density at radius 3 is 2.41 bits per heavy atom. The van der Waals surface area contributed by atoms with Crippen molar-refractivity contribution in [2.24, 2.45) is 0 Å². The van der Waals surface area contributed by atoms with Gasteiger partial charge in [-0.2, -0.15) is 0 Å². The summed E-state index contributed by atoms with van der Waals surface area (Å²) >= 11 is 1.47. The van der Waals surface area contributed by atoms with Gasteiger partial charge in [-0.15, -0.1) is 0 Å². The minimum atomic E-state index is -0.177. The lowest BCUT2D eigenvalue weighted by atomic mass is 9.86. The third kappa shape index (κ3) is 2.20. The molecule has 22 heavy (non-hydrogen) atoms. The van der Waals surface area contributed by atoms with Gasteiger partial charge < -0.3 is 14.4 Å². The van der Waals surface area contributed by atoms with Crippen LogP contribution in [-0.4, -0.2) is 48.7 Å². The highest BCUT2D eigenvalue weighted by atomic mass is 32.2. The summed E-state index contributed by atoms with van der Waals surface area (Å²) in [6.45, 7) is 0. The molecule has 0 atom stereocenters. The molecule has 0 fully saturated rings. The SMILES string of the molecule is CN(C)c1ccc(C2=C(O)/C(=C3/C=CC(=[N+](C)C)S3)C2=O)o1. The molecule has 2 aliphatic rings. The Morgan fingerprint density at radius 1 is 1.18 bits per heavy atom. The minimum Gasteiger partial charge on any atom is -0.506 e. The first-order valence-electron chi connectivity index (χ1n) is 6.80. The van der Waals surface area contributed by atoms with Crippen LogP contribution in [0.3, 0.4) is 0 Å². The minimum absolute atomic E-state index is 0.0109. The van der Waals surface area contributed by atoms with Crippen LogP contribution in [0.5, 0.6) is 0 Å². The number of carbonyl (C=O) groups is 1. The molecule has 0 amide bonds. The van der Waals surface area contributed by atoms with Crippen LogP contribution in [0.25, 0.3) is 5.57 Å². The Labute approximate surface area is 132 Å². The Balaban J connectivity index is 1.97. The number of nitrogens with zero attached hydrogens (tertiary/aromatic N) is 2. The number of hydrogen-bond acceptors (Lipinski definition) is 5. The van der Waals surface area contributed by atoms with E-state index in [1.54, 1.807) is 17.0 Å². The second-order valence-corrected chi connectivity index (χ2v) is 6.55. The van der Waals surface area contributed by atoms with Crippen molar-refractivity contribution in [2.75, 3.05) is 33.1 Å². The summed E-state index contributed by atoms with van der Waals surface area (Å²) in [6, 6.07) is 3.48. The Bertz CT molecular complexity index is 790. The topological polar surface area (TPSA) is 56.7 Å². The van der Waals surface area contributed by atoms with E-state index in [0.717, 1.165) is 9.95 Å². The van der Waals surface area contributed by atoms with E-state index in [9.17, 15) is 9.90 Å². The van der Waals surface area contributed by atoms with E-state index >= 15 is 0 Å². The fraction of sp³-hybridized carbons (Fsp3) is 0.250. The molecule has 0 saturated heterocycles. The van der Waals surface area contributed by atoms with Crippen LogP contribution < -0.4 is 4.90 Å². The molecule has 0 bridgehead atoms. The van der Waals surface area contributed by atoms with E-state index in [-0.39, 0.29) is 17.1 Å². The molecule has 1 aromatic heterocycles. The van der Waals surface area contributed by atoms with Crippen LogP contribution in [0, 0.1) is 0 Å². The normalized spacial score (nSPS) is 20.7. The molecule has 0 spiro atoms. The van der Waals surface area contributed by atoms with Crippen LogP contribution in [0.4, 0.5) is 5.88 Å². The molecule has 0 saturated carbocycles. The summed E-state index contributed by atoms with van der Waals surface area (Å²) in [5, 5.41) is 11.3. The third-order valence-corrected chi connectivity index (χ3v) is 4.76. The van der Waals surface area contributed by atoms with Gasteiger partial charge in [-0.3, -0.25) is 4.79 Å². The van der Waals surface area contributed by atoms with Gasteiger partial charge >= 0.3 is 0 Å². The van der Waals surface area contributed by atoms with E-state index in [0.29, 0.717) is 17.2 Å². The third-order valence-electron chi connectivity index (χ3n) is 3.49. The Morgan fingerprint density at radius 2 is 1.91 bits per heavy atom. The van der Waals surface area contributed by atoms with Gasteiger partial charge in [-0.05, 0) is 23.9 Å². The van der Waals surface area contributed by atoms with Crippen LogP contribution in [-0.2, 0) is 4.79 Å². The van der Waals surface area contributed by atoms with Gasteiger partial charge in [-0.25, -0.2) is 4.58 Å². The molecular formula is C16H17N2O3S+. The van der Waals surface area contributed by atoms with Gasteiger partial charge in [0.1, 0.15) is 31.2 Å². The average Bonchev–Trinajstić information content (AvgIpc) is 3.08. The lowest BCUT2D eigenvalue weighted by Gasteiger charge is -2.20. The zero-order valence-corrected chi connectivity index (χ0v) is 13.7. The smallest absolute Gasteiger partial charge is 0.239 e. The van der Waals surface area contributed by atoms with Crippen molar-refractivity contribution in [3.8, 4) is 0 Å². The van der Waals surface area contributed by atoms with Crippen LogP contribution in [0.1, 0.15) is 5.76 Å². The van der Waals surface area contributed by atoms with Crippen LogP contribution in [0.15, 0.2) is 44.9 Å². The number of furan rings is 1. The predicted molar refractivity (Wildman–Crippen MR) is 88.5 cm³/mol. The number of aliphatic hydroxyl groups excluding tert-OH is 1. The van der Waals surface area contributed by atoms with E-state index in [4.69, 9.17) is 4.42 Å². The summed E-state index contributed by atoms with van der Waals surface area (Å²) in [5.41, 5.74) is 0.624. The average molecular weight is 317 g/mol. The van der Waals surface area contributed by atoms with E-state index in [2.05, 4.69) is 0 Å². The molecule has 2 heterocycles. The number of allylic oxidation sites excluding steroid dienone is 3. The van der Waals surface area contributed by atoms with Crippen molar-refractivity contribution in [3.63, 3.8) is 0 Å². The predicted octanol–water partition coefficient (Wildman–Crippen LogP) is 2.43. The summed E-state index contributed by atoms with van der Waals surface area (Å²) in [5.74, 6) is 0.878. The molecule has 3 rings (SSSR count). The summed E-state index contributed by atoms with van der Waals surface area (Å²) in [7, 11) is 7.59. The quantitative estimate of drug-likeness (QED) is 0.670. The second kappa shape index (κ2) is 5.21. The Hall–Kier alpha value is -2.21. The number of anilines is 1. The maximum Gasteiger partial charge on any atom is 0.239 e. The summed E-state index contributed by atoms with van der Waals surface area (Å²) in [4.78, 5) is 15.0. The maximum atomic E-state index is 12.4. The molecule has 1 aliphatic heterocycles. The van der Waals surface area contributed by atoms with E-state index in [1.165, 1.54) is 11.8 Å². The first-order chi connectivity index (χ1) is 10.4. The van der Waals surface area contributed by atoms with Crippen molar-refractivity contribution in [2.45, 2.75) is 0 Å². The lowest BCUT2D eigenvalue weighted by molar-refractivity contribution is -0.460. The van der Waals surface area contributed by atoms with Gasteiger partial charge in [-0.1, -0.05) is 0 Å². The van der Waals surface area contributed by atoms with Gasteiger partial charge in [0.05, 0.1) is 5.57 Å². The highest BCUT2D eigenvalue weighted by Crippen LogP contribution is 2.43. The monoisotopic (exact) mass is 317 g/mol. The number of thioether (sulfide) groups is 1. The number of aliphatic hydroxyl groups is 1. The van der Waals surface area contributed by atoms with E-state index in [1.807, 2.05) is 44.9 Å². The van der Waals surface area contributed by atoms with Gasteiger partial charge in [0.2, 0.25) is 10.8 Å². The fourth-order valence-corrected chi connectivity index (χ4v) is 3.24. The van der Waals surface area contributed by atoms with Crippen LogP contribution in [0.2, 0.25) is 0 Å². The molecule has 5 nitrogen and oxygen atoms in total. The largest absolute Gasteiger partial charge is 0.506 e. The number of carbonyl (C=O) groups excluding carboxylic acids is 1. The van der Waals surface area contributed by atoms with Crippen molar-refractivity contribution >= 4 is 34.0 Å². The molecule has 1 aliphatic carbocycles. The molecule has 0 aromatic carbocycles. The van der Waals surface area contributed by atoms with Gasteiger partial charge in [0.25, 0.3) is 0 Å². The molecular weight excluding hydrogens is 300 g/mol. The summed E-state index contributed by atoms with van der Waals surface area (Å²) < 4.78 is 7.55. The van der Waals surface area contributed by atoms with Crippen molar-refractivity contribution in [1.29, 1.82) is 0 Å². The number of rotatable bonds is 2. The number of Topliss-reactive ketones (excluding diaryl/α,β-unsaturated/α-hetero) is 1. The zero-order valence-electron chi connectivity index (χ0n) is 12.9. The number of hydrogen-bond donors (Lipinski definition) is 1. The Kier molecular flexibility index (Phi) is 3.48. The molecule has 1 N–H and O–H groups in total. The molecule has 114 valence electrons. The standard InChI is InChI=1S/C16H16N2O3S/c1-17(2)11-7-5-9(21-11)13-15(19)14(16(13)20)10-6-8-12(22-10)18(3)4/h5-8H,1-4H3/p+1. The van der Waals surface area contributed by atoms with E-state index < -0.39 is 0 Å². The van der Waals surface area contributed by atoms with Gasteiger partial charge in [0.15, 0.2) is 5.88 Å². The molecule has 0 radical (unpaired) electrons. The number of ketones is 1. The second-order valence-electron chi connectivity index (χ2n) is 5.49. The first-order valence-corrected chi connectivity index (χ1v) is 7.62. The van der Waals surface area contributed by atoms with Crippen molar-refractivity contribution < 1.29 is 18.9 Å². The highest BCUT2D eigenvalue weighted by molar-refractivity contribution is 8.18. The zero-order chi connectivity index (χ0) is 16.0.